The van der Waals surface area contributed by atoms with Crippen molar-refractivity contribution >= 4 is 32.4 Å². The minimum absolute atomic E-state index is 0.0330. The molecule has 0 bridgehead atoms. The molecule has 0 unspecified atom stereocenters. The zero-order valence-electron chi connectivity index (χ0n) is 12.9. The third kappa shape index (κ3) is 4.61. The Labute approximate surface area is 144 Å². The predicted molar refractivity (Wildman–Crippen MR) is 92.3 cm³/mol. The van der Waals surface area contributed by atoms with Crippen molar-refractivity contribution < 1.29 is 13.2 Å². The summed E-state index contributed by atoms with van der Waals surface area (Å²) in [5.74, 6) is 1.74. The average Bonchev–Trinajstić information content (AvgIpc) is 3.00. The van der Waals surface area contributed by atoms with Crippen LogP contribution in [0.3, 0.4) is 0 Å². The van der Waals surface area contributed by atoms with Crippen LogP contribution in [0.4, 0.5) is 5.13 Å². The van der Waals surface area contributed by atoms with E-state index in [9.17, 15) is 13.2 Å². The number of anilines is 1. The molecule has 126 valence electrons. The highest BCUT2D eigenvalue weighted by molar-refractivity contribution is 7.89. The molecule has 24 heavy (non-hydrogen) atoms. The summed E-state index contributed by atoms with van der Waals surface area (Å²) in [6.07, 6.45) is 6.78. The molecule has 1 heterocycles. The van der Waals surface area contributed by atoms with Crippen molar-refractivity contribution in [3.05, 3.63) is 34.8 Å². The number of aromatic nitrogens is 2. The number of aryl methyl sites for hydroxylation is 1. The number of nitrogens with one attached hydrogen (secondary N) is 2. The third-order valence-corrected chi connectivity index (χ3v) is 5.22. The molecule has 1 aromatic carbocycles. The molecule has 0 fully saturated rings. The highest BCUT2D eigenvalue weighted by Crippen LogP contribution is 2.18. The first kappa shape index (κ1) is 18.1. The molecule has 2 rings (SSSR count). The number of carbonyl (C=O) groups excluding carboxylic acids is 1. The van der Waals surface area contributed by atoms with E-state index in [-0.39, 0.29) is 17.0 Å². The zero-order chi connectivity index (χ0) is 17.6. The van der Waals surface area contributed by atoms with Gasteiger partial charge < -0.3 is 0 Å². The van der Waals surface area contributed by atoms with Crippen molar-refractivity contribution in [1.82, 2.24) is 14.9 Å². The van der Waals surface area contributed by atoms with Crippen molar-refractivity contribution in [2.24, 2.45) is 0 Å². The molecule has 0 aliphatic heterocycles. The Balaban J connectivity index is 2.15. The van der Waals surface area contributed by atoms with E-state index >= 15 is 0 Å². The average molecular weight is 364 g/mol. The molecule has 2 aromatic rings. The first-order chi connectivity index (χ1) is 11.5. The summed E-state index contributed by atoms with van der Waals surface area (Å²) in [4.78, 5) is 12.2. The third-order valence-electron chi connectivity index (χ3n) is 2.92. The first-order valence-corrected chi connectivity index (χ1v) is 9.43. The van der Waals surface area contributed by atoms with Gasteiger partial charge in [0.25, 0.3) is 5.91 Å². The Morgan fingerprint density at radius 3 is 2.88 bits per heavy atom. The normalized spacial score (nSPS) is 11.0. The Hall–Kier alpha value is -2.28. The molecule has 7 nitrogen and oxygen atoms in total. The summed E-state index contributed by atoms with van der Waals surface area (Å²) in [5.41, 5.74) is 0.200. The Morgan fingerprint density at radius 1 is 1.38 bits per heavy atom. The lowest BCUT2D eigenvalue weighted by Crippen LogP contribution is -2.24. The van der Waals surface area contributed by atoms with Gasteiger partial charge >= 0.3 is 0 Å². The van der Waals surface area contributed by atoms with Crippen LogP contribution in [0.15, 0.2) is 29.2 Å². The quantitative estimate of drug-likeness (QED) is 0.728. The van der Waals surface area contributed by atoms with E-state index < -0.39 is 15.9 Å². The van der Waals surface area contributed by atoms with Crippen LogP contribution in [0.1, 0.15) is 28.7 Å². The van der Waals surface area contributed by atoms with Crippen LogP contribution in [0, 0.1) is 12.3 Å². The molecule has 9 heteroatoms. The Bertz CT molecular complexity index is 869. The second kappa shape index (κ2) is 8.01. The number of hydrogen-bond acceptors (Lipinski definition) is 6. The summed E-state index contributed by atoms with van der Waals surface area (Å²) in [5, 5.41) is 11.7. The molecule has 0 aliphatic carbocycles. The molecule has 1 aromatic heterocycles. The van der Waals surface area contributed by atoms with E-state index in [1.54, 1.807) is 0 Å². The number of terminal acetylenes is 1. The smallest absolute Gasteiger partial charge is 0.257 e. The fourth-order valence-electron chi connectivity index (χ4n) is 1.81. The Kier molecular flexibility index (Phi) is 6.03. The van der Waals surface area contributed by atoms with E-state index in [0.717, 1.165) is 17.8 Å². The van der Waals surface area contributed by atoms with E-state index in [2.05, 4.69) is 26.2 Å². The molecule has 0 radical (unpaired) electrons. The van der Waals surface area contributed by atoms with Crippen molar-refractivity contribution in [1.29, 1.82) is 0 Å². The molecule has 0 aliphatic rings. The fourth-order valence-corrected chi connectivity index (χ4v) is 3.63. The summed E-state index contributed by atoms with van der Waals surface area (Å²) >= 11 is 1.29. The lowest BCUT2D eigenvalue weighted by atomic mass is 10.2. The van der Waals surface area contributed by atoms with Gasteiger partial charge in [-0.15, -0.1) is 16.6 Å². The van der Waals surface area contributed by atoms with Gasteiger partial charge in [-0.1, -0.05) is 30.2 Å². The fraction of sp³-hybridized carbons (Fsp3) is 0.267. The standard InChI is InChI=1S/C15H16N4O3S2/c1-3-6-13-18-19-15(23-13)17-14(20)11-7-5-8-12(10-11)24(21,22)16-9-4-2/h2,5,7-8,10,16H,3,6,9H2,1H3,(H,17,19,20). The number of amides is 1. The van der Waals surface area contributed by atoms with Crippen LogP contribution in [-0.4, -0.2) is 31.1 Å². The molecular weight excluding hydrogens is 348 g/mol. The SMILES string of the molecule is C#CCNS(=O)(=O)c1cccc(C(=O)Nc2nnc(CCC)s2)c1. The van der Waals surface area contributed by atoms with Crippen molar-refractivity contribution in [3.8, 4) is 12.3 Å². The molecule has 0 atom stereocenters. The number of benzene rings is 1. The number of sulfonamides is 1. The highest BCUT2D eigenvalue weighted by atomic mass is 32.2. The largest absolute Gasteiger partial charge is 0.296 e. The van der Waals surface area contributed by atoms with Gasteiger partial charge in [-0.05, 0) is 24.6 Å². The zero-order valence-corrected chi connectivity index (χ0v) is 14.6. The summed E-state index contributed by atoms with van der Waals surface area (Å²) in [6.45, 7) is 1.91. The summed E-state index contributed by atoms with van der Waals surface area (Å²) < 4.78 is 26.3. The maximum atomic E-state index is 12.3. The van der Waals surface area contributed by atoms with Crippen LogP contribution in [0.5, 0.6) is 0 Å². The van der Waals surface area contributed by atoms with Gasteiger partial charge in [0.15, 0.2) is 0 Å². The maximum Gasteiger partial charge on any atom is 0.257 e. The van der Waals surface area contributed by atoms with Crippen molar-refractivity contribution in [2.45, 2.75) is 24.7 Å². The predicted octanol–water partition coefficient (Wildman–Crippen LogP) is 1.65. The van der Waals surface area contributed by atoms with E-state index in [1.807, 2.05) is 6.92 Å². The summed E-state index contributed by atoms with van der Waals surface area (Å²) in [6, 6.07) is 5.67. The number of carbonyl (C=O) groups is 1. The molecule has 0 saturated carbocycles. The minimum atomic E-state index is -3.75. The molecular formula is C15H16N4O3S2. The van der Waals surface area contributed by atoms with Gasteiger partial charge in [0.05, 0.1) is 11.4 Å². The highest BCUT2D eigenvalue weighted by Gasteiger charge is 2.16. The number of hydrogen-bond donors (Lipinski definition) is 2. The van der Waals surface area contributed by atoms with E-state index in [1.165, 1.54) is 35.6 Å². The van der Waals surface area contributed by atoms with Gasteiger partial charge in [0, 0.05) is 12.0 Å². The monoisotopic (exact) mass is 364 g/mol. The van der Waals surface area contributed by atoms with Crippen LogP contribution in [0.2, 0.25) is 0 Å². The topological polar surface area (TPSA) is 101 Å². The first-order valence-electron chi connectivity index (χ1n) is 7.13. The maximum absolute atomic E-state index is 12.3. The van der Waals surface area contributed by atoms with Gasteiger partial charge in [0.1, 0.15) is 5.01 Å². The number of nitrogens with zero attached hydrogens (tertiary/aromatic N) is 2. The Morgan fingerprint density at radius 2 is 2.17 bits per heavy atom. The molecule has 0 saturated heterocycles. The van der Waals surface area contributed by atoms with Crippen molar-refractivity contribution in [2.75, 3.05) is 11.9 Å². The molecule has 0 spiro atoms. The van der Waals surface area contributed by atoms with Crippen LogP contribution < -0.4 is 10.0 Å². The molecule has 1 amide bonds. The molecule has 2 N–H and O–H groups in total. The van der Waals surface area contributed by atoms with Gasteiger partial charge in [-0.25, -0.2) is 8.42 Å². The minimum Gasteiger partial charge on any atom is -0.296 e. The summed E-state index contributed by atoms with van der Waals surface area (Å²) in [7, 11) is -3.75. The second-order valence-electron chi connectivity index (χ2n) is 4.76. The van der Waals surface area contributed by atoms with Crippen LogP contribution in [0.25, 0.3) is 0 Å². The van der Waals surface area contributed by atoms with E-state index in [0.29, 0.717) is 5.13 Å². The van der Waals surface area contributed by atoms with Crippen LogP contribution >= 0.6 is 11.3 Å². The lowest BCUT2D eigenvalue weighted by molar-refractivity contribution is 0.102. The van der Waals surface area contributed by atoms with Gasteiger partial charge in [-0.2, -0.15) is 4.72 Å². The van der Waals surface area contributed by atoms with Gasteiger partial charge in [0.2, 0.25) is 15.2 Å². The van der Waals surface area contributed by atoms with E-state index in [4.69, 9.17) is 6.42 Å². The second-order valence-corrected chi connectivity index (χ2v) is 7.59. The van der Waals surface area contributed by atoms with Crippen molar-refractivity contribution in [3.63, 3.8) is 0 Å². The van der Waals surface area contributed by atoms with Crippen LogP contribution in [-0.2, 0) is 16.4 Å². The lowest BCUT2D eigenvalue weighted by Gasteiger charge is -2.06. The van der Waals surface area contributed by atoms with Gasteiger partial charge in [-0.3, -0.25) is 10.1 Å². The number of rotatable bonds is 7.